The Kier molecular flexibility index (Phi) is 4.18. The number of aliphatic hydroxyl groups excluding tert-OH is 1. The lowest BCUT2D eigenvalue weighted by Gasteiger charge is -2.19. The Morgan fingerprint density at radius 3 is 2.76 bits per heavy atom. The molecule has 114 valence electrons. The Labute approximate surface area is 122 Å². The van der Waals surface area contributed by atoms with E-state index >= 15 is 0 Å². The Morgan fingerprint density at radius 1 is 1.43 bits per heavy atom. The molecule has 0 saturated carbocycles. The van der Waals surface area contributed by atoms with E-state index in [-0.39, 0.29) is 18.8 Å². The van der Waals surface area contributed by atoms with Crippen LogP contribution >= 0.6 is 0 Å². The first kappa shape index (κ1) is 15.3. The maximum Gasteiger partial charge on any atom is 0.412 e. The minimum absolute atomic E-state index is 0.137. The van der Waals surface area contributed by atoms with Crippen molar-refractivity contribution in [3.63, 3.8) is 0 Å². The fourth-order valence-electron chi connectivity index (χ4n) is 2.02. The average molecular weight is 294 g/mol. The SMILES string of the molecule is CC(C)(C)OC(=O)Nc1c[nH]c2cc(F)c(CCO)cc12. The van der Waals surface area contributed by atoms with Crippen LogP contribution in [0, 0.1) is 5.82 Å². The zero-order valence-electron chi connectivity index (χ0n) is 12.3. The highest BCUT2D eigenvalue weighted by atomic mass is 19.1. The number of halogens is 1. The predicted octanol–water partition coefficient (Wildman–Crippen LogP) is 3.19. The minimum Gasteiger partial charge on any atom is -0.444 e. The summed E-state index contributed by atoms with van der Waals surface area (Å²) in [5, 5.41) is 12.2. The van der Waals surface area contributed by atoms with Crippen molar-refractivity contribution in [2.45, 2.75) is 32.8 Å². The molecule has 1 heterocycles. The van der Waals surface area contributed by atoms with Gasteiger partial charge in [0.2, 0.25) is 0 Å². The molecule has 2 aromatic rings. The number of aliphatic hydroxyl groups is 1. The quantitative estimate of drug-likeness (QED) is 0.814. The number of anilines is 1. The van der Waals surface area contributed by atoms with Crippen LogP contribution in [-0.4, -0.2) is 28.4 Å². The molecule has 0 fully saturated rings. The van der Waals surface area contributed by atoms with E-state index in [0.717, 1.165) is 0 Å². The Morgan fingerprint density at radius 2 is 2.14 bits per heavy atom. The zero-order valence-corrected chi connectivity index (χ0v) is 12.3. The number of hydrogen-bond acceptors (Lipinski definition) is 3. The van der Waals surface area contributed by atoms with Gasteiger partial charge in [-0.3, -0.25) is 5.32 Å². The van der Waals surface area contributed by atoms with Crippen LogP contribution in [0.2, 0.25) is 0 Å². The number of nitrogens with one attached hydrogen (secondary N) is 2. The van der Waals surface area contributed by atoms with E-state index < -0.39 is 11.7 Å². The molecule has 0 aliphatic heterocycles. The molecule has 0 unspecified atom stereocenters. The number of aromatic nitrogens is 1. The van der Waals surface area contributed by atoms with Gasteiger partial charge in [0.15, 0.2) is 0 Å². The fourth-order valence-corrected chi connectivity index (χ4v) is 2.02. The number of carbonyl (C=O) groups is 1. The van der Waals surface area contributed by atoms with E-state index in [9.17, 15) is 9.18 Å². The molecule has 5 nitrogen and oxygen atoms in total. The lowest BCUT2D eigenvalue weighted by atomic mass is 10.1. The molecule has 0 spiro atoms. The first-order valence-electron chi connectivity index (χ1n) is 6.70. The van der Waals surface area contributed by atoms with Gasteiger partial charge < -0.3 is 14.8 Å². The summed E-state index contributed by atoms with van der Waals surface area (Å²) >= 11 is 0. The van der Waals surface area contributed by atoms with E-state index in [1.807, 2.05) is 0 Å². The van der Waals surface area contributed by atoms with Crippen molar-refractivity contribution in [2.24, 2.45) is 0 Å². The lowest BCUT2D eigenvalue weighted by Crippen LogP contribution is -2.27. The topological polar surface area (TPSA) is 74.3 Å². The van der Waals surface area contributed by atoms with Gasteiger partial charge in [-0.1, -0.05) is 0 Å². The third kappa shape index (κ3) is 3.72. The molecule has 0 saturated heterocycles. The van der Waals surface area contributed by atoms with Crippen LogP contribution in [-0.2, 0) is 11.2 Å². The third-order valence-corrected chi connectivity index (χ3v) is 2.87. The van der Waals surface area contributed by atoms with Gasteiger partial charge >= 0.3 is 6.09 Å². The maximum absolute atomic E-state index is 13.8. The summed E-state index contributed by atoms with van der Waals surface area (Å²) < 4.78 is 18.9. The normalized spacial score (nSPS) is 11.7. The Bertz CT molecular complexity index is 659. The summed E-state index contributed by atoms with van der Waals surface area (Å²) in [7, 11) is 0. The zero-order chi connectivity index (χ0) is 15.6. The average Bonchev–Trinajstić information content (AvgIpc) is 2.70. The molecule has 21 heavy (non-hydrogen) atoms. The first-order chi connectivity index (χ1) is 9.80. The molecule has 3 N–H and O–H groups in total. The Balaban J connectivity index is 2.28. The molecular formula is C15H19FN2O3. The second-order valence-corrected chi connectivity index (χ2v) is 5.79. The van der Waals surface area contributed by atoms with E-state index in [2.05, 4.69) is 10.3 Å². The van der Waals surface area contributed by atoms with E-state index in [1.54, 1.807) is 33.0 Å². The summed E-state index contributed by atoms with van der Waals surface area (Å²) in [5.74, 6) is -0.387. The molecule has 1 amide bonds. The molecule has 1 aromatic heterocycles. The Hall–Kier alpha value is -2.08. The van der Waals surface area contributed by atoms with Gasteiger partial charge in [0.1, 0.15) is 11.4 Å². The van der Waals surface area contributed by atoms with Gasteiger partial charge in [0.05, 0.1) is 11.2 Å². The largest absolute Gasteiger partial charge is 0.444 e. The van der Waals surface area contributed by atoms with Crippen molar-refractivity contribution in [1.29, 1.82) is 0 Å². The van der Waals surface area contributed by atoms with Crippen LogP contribution in [0.4, 0.5) is 14.9 Å². The summed E-state index contributed by atoms with van der Waals surface area (Å²) in [5.41, 5.74) is 0.889. The van der Waals surface area contributed by atoms with Gasteiger partial charge in [-0.2, -0.15) is 0 Å². The highest BCUT2D eigenvalue weighted by Gasteiger charge is 2.18. The number of carbonyl (C=O) groups excluding carboxylic acids is 1. The van der Waals surface area contributed by atoms with Crippen LogP contribution in [0.5, 0.6) is 0 Å². The summed E-state index contributed by atoms with van der Waals surface area (Å²) in [6.07, 6.45) is 1.23. The number of H-pyrrole nitrogens is 1. The van der Waals surface area contributed by atoms with Gasteiger partial charge in [-0.25, -0.2) is 9.18 Å². The summed E-state index contributed by atoms with van der Waals surface area (Å²) in [6, 6.07) is 2.96. The molecule has 0 radical (unpaired) electrons. The predicted molar refractivity (Wildman–Crippen MR) is 78.9 cm³/mol. The number of rotatable bonds is 3. The second kappa shape index (κ2) is 5.73. The molecule has 6 heteroatoms. The monoisotopic (exact) mass is 294 g/mol. The van der Waals surface area contributed by atoms with E-state index in [4.69, 9.17) is 9.84 Å². The molecular weight excluding hydrogens is 275 g/mol. The van der Waals surface area contributed by atoms with Crippen LogP contribution in [0.25, 0.3) is 10.9 Å². The highest BCUT2D eigenvalue weighted by Crippen LogP contribution is 2.26. The van der Waals surface area contributed by atoms with Gasteiger partial charge in [0.25, 0.3) is 0 Å². The number of amides is 1. The van der Waals surface area contributed by atoms with Crippen molar-refractivity contribution in [3.8, 4) is 0 Å². The van der Waals surface area contributed by atoms with Crippen LogP contribution in [0.3, 0.4) is 0 Å². The van der Waals surface area contributed by atoms with Gasteiger partial charge in [0, 0.05) is 18.2 Å². The lowest BCUT2D eigenvalue weighted by molar-refractivity contribution is 0.0636. The highest BCUT2D eigenvalue weighted by molar-refractivity contribution is 5.99. The van der Waals surface area contributed by atoms with Crippen molar-refractivity contribution in [2.75, 3.05) is 11.9 Å². The van der Waals surface area contributed by atoms with E-state index in [0.29, 0.717) is 22.2 Å². The van der Waals surface area contributed by atoms with Crippen LogP contribution in [0.1, 0.15) is 26.3 Å². The summed E-state index contributed by atoms with van der Waals surface area (Å²) in [4.78, 5) is 14.7. The molecule has 0 aliphatic carbocycles. The molecule has 1 aromatic carbocycles. The molecule has 0 bridgehead atoms. The fraction of sp³-hybridized carbons (Fsp3) is 0.400. The summed E-state index contributed by atoms with van der Waals surface area (Å²) in [6.45, 7) is 5.19. The maximum atomic E-state index is 13.8. The number of hydrogen-bond donors (Lipinski definition) is 3. The number of benzene rings is 1. The molecule has 2 rings (SSSR count). The minimum atomic E-state index is -0.593. The van der Waals surface area contributed by atoms with Crippen molar-refractivity contribution in [3.05, 3.63) is 29.7 Å². The number of ether oxygens (including phenoxy) is 1. The molecule has 0 aliphatic rings. The van der Waals surface area contributed by atoms with Gasteiger partial charge in [-0.05, 0) is 44.9 Å². The number of aromatic amines is 1. The molecule has 0 atom stereocenters. The standard InChI is InChI=1S/C15H19FN2O3/c1-15(2,3)21-14(20)18-13-8-17-12-7-11(16)9(4-5-19)6-10(12)13/h6-8,17,19H,4-5H2,1-3H3,(H,18,20). The number of fused-ring (bicyclic) bond motifs is 1. The van der Waals surface area contributed by atoms with Crippen molar-refractivity contribution in [1.82, 2.24) is 4.98 Å². The van der Waals surface area contributed by atoms with Crippen molar-refractivity contribution >= 4 is 22.7 Å². The van der Waals surface area contributed by atoms with Gasteiger partial charge in [-0.15, -0.1) is 0 Å². The van der Waals surface area contributed by atoms with E-state index in [1.165, 1.54) is 6.07 Å². The van der Waals surface area contributed by atoms with Crippen LogP contribution in [0.15, 0.2) is 18.3 Å². The van der Waals surface area contributed by atoms with Crippen LogP contribution < -0.4 is 5.32 Å². The first-order valence-corrected chi connectivity index (χ1v) is 6.70. The third-order valence-electron chi connectivity index (χ3n) is 2.87. The smallest absolute Gasteiger partial charge is 0.412 e. The van der Waals surface area contributed by atoms with Crippen molar-refractivity contribution < 1.29 is 19.0 Å². The second-order valence-electron chi connectivity index (χ2n) is 5.79.